The number of piperidine rings is 1. The molecule has 2 aromatic heterocycles. The van der Waals surface area contributed by atoms with Gasteiger partial charge in [-0.15, -0.1) is 0 Å². The van der Waals surface area contributed by atoms with Crippen LogP contribution in [0.15, 0.2) is 24.7 Å². The molecule has 0 bridgehead atoms. The van der Waals surface area contributed by atoms with E-state index < -0.39 is 0 Å². The Morgan fingerprint density at radius 1 is 1.38 bits per heavy atom. The van der Waals surface area contributed by atoms with Crippen LogP contribution in [0.2, 0.25) is 0 Å². The molecule has 0 saturated carbocycles. The Morgan fingerprint density at radius 3 is 2.90 bits per heavy atom. The highest BCUT2D eigenvalue weighted by molar-refractivity contribution is 5.92. The second kappa shape index (κ2) is 5.59. The lowest BCUT2D eigenvalue weighted by Gasteiger charge is -2.33. The van der Waals surface area contributed by atoms with E-state index in [2.05, 4.69) is 20.4 Å². The number of anilines is 1. The second-order valence-electron chi connectivity index (χ2n) is 5.47. The van der Waals surface area contributed by atoms with Crippen molar-refractivity contribution in [3.05, 3.63) is 30.4 Å². The fourth-order valence-electron chi connectivity index (χ4n) is 2.76. The maximum atomic E-state index is 12.2. The van der Waals surface area contributed by atoms with Crippen LogP contribution in [0.3, 0.4) is 0 Å². The van der Waals surface area contributed by atoms with Gasteiger partial charge in [-0.1, -0.05) is 0 Å². The van der Waals surface area contributed by atoms with Crippen LogP contribution in [0.4, 0.5) is 5.69 Å². The first-order valence-electron chi connectivity index (χ1n) is 7.16. The maximum Gasteiger partial charge on any atom is 0.269 e. The van der Waals surface area contributed by atoms with E-state index in [0.717, 1.165) is 31.6 Å². The zero-order chi connectivity index (χ0) is 14.8. The van der Waals surface area contributed by atoms with Gasteiger partial charge in [0.1, 0.15) is 5.69 Å². The summed E-state index contributed by atoms with van der Waals surface area (Å²) in [6, 6.07) is 1.89. The Balaban J connectivity index is 1.64. The van der Waals surface area contributed by atoms with Gasteiger partial charge in [0.15, 0.2) is 0 Å². The smallest absolute Gasteiger partial charge is 0.269 e. The van der Waals surface area contributed by atoms with Crippen LogP contribution in [0.5, 0.6) is 0 Å². The van der Waals surface area contributed by atoms with Crippen LogP contribution in [0.1, 0.15) is 23.3 Å². The first-order valence-corrected chi connectivity index (χ1v) is 7.16. The van der Waals surface area contributed by atoms with Gasteiger partial charge in [-0.2, -0.15) is 10.2 Å². The molecule has 7 heteroatoms. The monoisotopic (exact) mass is 288 g/mol. The number of nitrogens with zero attached hydrogens (tertiary/aromatic N) is 5. The number of nitrogens with one attached hydrogen (secondary N) is 1. The van der Waals surface area contributed by atoms with Gasteiger partial charge >= 0.3 is 0 Å². The summed E-state index contributed by atoms with van der Waals surface area (Å²) in [6.07, 6.45) is 7.57. The van der Waals surface area contributed by atoms with Gasteiger partial charge in [0, 0.05) is 45.6 Å². The lowest BCUT2D eigenvalue weighted by atomic mass is 10.1. The fraction of sp³-hybridized carbons (Fsp3) is 0.500. The molecule has 0 aliphatic carbocycles. The molecule has 3 heterocycles. The van der Waals surface area contributed by atoms with Gasteiger partial charge in [0.2, 0.25) is 0 Å². The highest BCUT2D eigenvalue weighted by atomic mass is 16.2. The van der Waals surface area contributed by atoms with Crippen LogP contribution in [-0.4, -0.2) is 44.6 Å². The van der Waals surface area contributed by atoms with E-state index in [4.69, 9.17) is 0 Å². The molecule has 1 saturated heterocycles. The average Bonchev–Trinajstić information content (AvgIpc) is 3.08. The maximum absolute atomic E-state index is 12.2. The summed E-state index contributed by atoms with van der Waals surface area (Å²) in [5.74, 6) is -0.0620. The van der Waals surface area contributed by atoms with Crippen molar-refractivity contribution in [2.75, 3.05) is 18.0 Å². The quantitative estimate of drug-likeness (QED) is 0.896. The molecule has 1 fully saturated rings. The number of hydrogen-bond donors (Lipinski definition) is 1. The number of carbonyl (C=O) groups excluding carboxylic acids is 1. The minimum Gasteiger partial charge on any atom is -0.367 e. The van der Waals surface area contributed by atoms with Gasteiger partial charge in [-0.05, 0) is 18.9 Å². The SMILES string of the molecule is Cn1cc(N2CCC[C@H](NC(=O)c3ccnn3C)C2)cn1. The molecule has 1 aliphatic heterocycles. The van der Waals surface area contributed by atoms with Crippen LogP contribution in [0, 0.1) is 0 Å². The minimum absolute atomic E-state index is 0.0620. The third-order valence-electron chi connectivity index (χ3n) is 3.87. The van der Waals surface area contributed by atoms with Crippen LogP contribution < -0.4 is 10.2 Å². The number of aromatic nitrogens is 4. The van der Waals surface area contributed by atoms with E-state index >= 15 is 0 Å². The van der Waals surface area contributed by atoms with Crippen molar-refractivity contribution < 1.29 is 4.79 Å². The predicted octanol–water partition coefficient (Wildman–Crippen LogP) is 0.552. The number of carbonyl (C=O) groups is 1. The Morgan fingerprint density at radius 2 is 2.24 bits per heavy atom. The molecule has 0 aromatic carbocycles. The third kappa shape index (κ3) is 2.91. The molecule has 1 amide bonds. The van der Waals surface area contributed by atoms with Crippen molar-refractivity contribution in [1.82, 2.24) is 24.9 Å². The van der Waals surface area contributed by atoms with Gasteiger partial charge in [-0.25, -0.2) is 0 Å². The van der Waals surface area contributed by atoms with Crippen molar-refractivity contribution >= 4 is 11.6 Å². The average molecular weight is 288 g/mol. The zero-order valence-corrected chi connectivity index (χ0v) is 12.4. The highest BCUT2D eigenvalue weighted by Crippen LogP contribution is 2.19. The van der Waals surface area contributed by atoms with E-state index in [1.165, 1.54) is 0 Å². The topological polar surface area (TPSA) is 68.0 Å². The largest absolute Gasteiger partial charge is 0.367 e. The molecular formula is C14H20N6O. The Kier molecular flexibility index (Phi) is 3.64. The lowest BCUT2D eigenvalue weighted by Crippen LogP contribution is -2.48. The molecule has 112 valence electrons. The van der Waals surface area contributed by atoms with Crippen LogP contribution >= 0.6 is 0 Å². The molecule has 21 heavy (non-hydrogen) atoms. The van der Waals surface area contributed by atoms with Gasteiger partial charge in [0.25, 0.3) is 5.91 Å². The molecule has 0 unspecified atom stereocenters. The summed E-state index contributed by atoms with van der Waals surface area (Å²) < 4.78 is 3.39. The summed E-state index contributed by atoms with van der Waals surface area (Å²) in [5.41, 5.74) is 1.70. The predicted molar refractivity (Wildman–Crippen MR) is 79.1 cm³/mol. The van der Waals surface area contributed by atoms with E-state index in [1.54, 1.807) is 28.7 Å². The first-order chi connectivity index (χ1) is 10.1. The van der Waals surface area contributed by atoms with Crippen molar-refractivity contribution in [1.29, 1.82) is 0 Å². The fourth-order valence-corrected chi connectivity index (χ4v) is 2.76. The summed E-state index contributed by atoms with van der Waals surface area (Å²) >= 11 is 0. The standard InChI is InChI=1S/C14H20N6O/c1-18-10-12(8-16-18)20-7-3-4-11(9-20)17-14(21)13-5-6-15-19(13)2/h5-6,8,10-11H,3-4,7,9H2,1-2H3,(H,17,21)/t11-/m0/s1. The number of rotatable bonds is 3. The van der Waals surface area contributed by atoms with Gasteiger partial charge < -0.3 is 10.2 Å². The second-order valence-corrected chi connectivity index (χ2v) is 5.47. The molecule has 0 spiro atoms. The van der Waals surface area contributed by atoms with Crippen molar-refractivity contribution in [3.63, 3.8) is 0 Å². The van der Waals surface area contributed by atoms with E-state index in [-0.39, 0.29) is 11.9 Å². The molecule has 1 aliphatic rings. The number of aryl methyl sites for hydroxylation is 2. The Labute approximate surface area is 123 Å². The zero-order valence-electron chi connectivity index (χ0n) is 12.4. The van der Waals surface area contributed by atoms with Crippen molar-refractivity contribution in [2.45, 2.75) is 18.9 Å². The van der Waals surface area contributed by atoms with Gasteiger partial charge in [0.05, 0.1) is 11.9 Å². The molecule has 1 N–H and O–H groups in total. The summed E-state index contributed by atoms with van der Waals surface area (Å²) in [7, 11) is 3.69. The van der Waals surface area contributed by atoms with E-state index in [9.17, 15) is 4.79 Å². The van der Waals surface area contributed by atoms with Crippen LogP contribution in [0.25, 0.3) is 0 Å². The summed E-state index contributed by atoms with van der Waals surface area (Å²) in [5, 5.41) is 11.3. The minimum atomic E-state index is -0.0620. The number of amides is 1. The molecular weight excluding hydrogens is 268 g/mol. The van der Waals surface area contributed by atoms with E-state index in [0.29, 0.717) is 5.69 Å². The molecule has 1 atom stereocenters. The first kappa shape index (κ1) is 13.7. The summed E-state index contributed by atoms with van der Waals surface area (Å²) in [6.45, 7) is 1.82. The number of hydrogen-bond acceptors (Lipinski definition) is 4. The highest BCUT2D eigenvalue weighted by Gasteiger charge is 2.23. The van der Waals surface area contributed by atoms with E-state index in [1.807, 2.05) is 19.4 Å². The molecule has 7 nitrogen and oxygen atoms in total. The lowest BCUT2D eigenvalue weighted by molar-refractivity contribution is 0.0923. The van der Waals surface area contributed by atoms with Crippen LogP contribution in [-0.2, 0) is 14.1 Å². The Bertz CT molecular complexity index is 631. The normalized spacial score (nSPS) is 18.8. The molecule has 3 rings (SSSR count). The van der Waals surface area contributed by atoms with Gasteiger partial charge in [-0.3, -0.25) is 14.2 Å². The van der Waals surface area contributed by atoms with Crippen molar-refractivity contribution in [2.24, 2.45) is 14.1 Å². The molecule has 0 radical (unpaired) electrons. The molecule has 2 aromatic rings. The van der Waals surface area contributed by atoms with Crippen molar-refractivity contribution in [3.8, 4) is 0 Å². The summed E-state index contributed by atoms with van der Waals surface area (Å²) in [4.78, 5) is 14.5. The Hall–Kier alpha value is -2.31. The third-order valence-corrected chi connectivity index (χ3v) is 3.87.